The fourth-order valence-corrected chi connectivity index (χ4v) is 2.20. The fourth-order valence-electron chi connectivity index (χ4n) is 1.69. The van der Waals surface area contributed by atoms with Crippen molar-refractivity contribution in [3.05, 3.63) is 63.6 Å². The number of benzene rings is 2. The maximum atomic E-state index is 10.3. The molecular weight excluding hydrogens is 271 g/mol. The van der Waals surface area contributed by atoms with Crippen molar-refractivity contribution in [3.63, 3.8) is 0 Å². The Hall–Kier alpha value is -1.22. The molecule has 0 aliphatic heterocycles. The Labute approximate surface area is 116 Å². The molecule has 2 aromatic carbocycles. The molecule has 94 valence electrons. The summed E-state index contributed by atoms with van der Waals surface area (Å²) in [6.45, 7) is 0. The smallest absolute Gasteiger partial charge is 0.118 e. The van der Waals surface area contributed by atoms with Crippen molar-refractivity contribution in [1.29, 1.82) is 0 Å². The first-order valence-corrected chi connectivity index (χ1v) is 6.14. The van der Waals surface area contributed by atoms with Crippen LogP contribution >= 0.6 is 23.2 Å². The largest absolute Gasteiger partial charge is 0.497 e. The van der Waals surface area contributed by atoms with Gasteiger partial charge < -0.3 is 9.84 Å². The number of ether oxygens (including phenoxy) is 1. The molecule has 1 N–H and O–H groups in total. The molecule has 1 unspecified atom stereocenters. The summed E-state index contributed by atoms with van der Waals surface area (Å²) in [5, 5.41) is 11.3. The first-order valence-electron chi connectivity index (χ1n) is 5.39. The quantitative estimate of drug-likeness (QED) is 0.919. The molecular formula is C14H12Cl2O2. The van der Waals surface area contributed by atoms with E-state index in [4.69, 9.17) is 27.9 Å². The Bertz CT molecular complexity index is 538. The van der Waals surface area contributed by atoms with E-state index in [9.17, 15) is 5.11 Å². The minimum atomic E-state index is -0.777. The number of aliphatic hydroxyl groups is 1. The molecule has 0 aliphatic carbocycles. The highest BCUT2D eigenvalue weighted by atomic mass is 35.5. The molecule has 18 heavy (non-hydrogen) atoms. The Kier molecular flexibility index (Phi) is 4.12. The molecule has 0 heterocycles. The second kappa shape index (κ2) is 5.61. The van der Waals surface area contributed by atoms with Crippen molar-refractivity contribution in [3.8, 4) is 5.75 Å². The lowest BCUT2D eigenvalue weighted by atomic mass is 10.0. The number of hydrogen-bond acceptors (Lipinski definition) is 2. The first-order chi connectivity index (χ1) is 8.61. The third kappa shape index (κ3) is 2.78. The second-order valence-electron chi connectivity index (χ2n) is 3.84. The first kappa shape index (κ1) is 13.2. The van der Waals surface area contributed by atoms with Crippen LogP contribution in [0.25, 0.3) is 0 Å². The molecule has 0 radical (unpaired) electrons. The topological polar surface area (TPSA) is 29.5 Å². The van der Waals surface area contributed by atoms with Crippen molar-refractivity contribution in [2.75, 3.05) is 7.11 Å². The predicted octanol–water partition coefficient (Wildman–Crippen LogP) is 4.08. The minimum absolute atomic E-state index is 0.450. The van der Waals surface area contributed by atoms with Gasteiger partial charge >= 0.3 is 0 Å². The van der Waals surface area contributed by atoms with E-state index in [0.717, 1.165) is 11.3 Å². The van der Waals surface area contributed by atoms with Crippen LogP contribution < -0.4 is 4.74 Å². The molecule has 0 amide bonds. The number of halogens is 2. The van der Waals surface area contributed by atoms with Gasteiger partial charge in [0.15, 0.2) is 0 Å². The van der Waals surface area contributed by atoms with Crippen LogP contribution in [-0.2, 0) is 0 Å². The third-order valence-corrected chi connectivity index (χ3v) is 3.25. The van der Waals surface area contributed by atoms with Crippen LogP contribution in [0.1, 0.15) is 17.2 Å². The zero-order chi connectivity index (χ0) is 13.1. The van der Waals surface area contributed by atoms with Gasteiger partial charge in [0.25, 0.3) is 0 Å². The lowest BCUT2D eigenvalue weighted by Crippen LogP contribution is -2.00. The maximum Gasteiger partial charge on any atom is 0.118 e. The molecule has 0 aliphatic rings. The fraction of sp³-hybridized carbons (Fsp3) is 0.143. The number of hydrogen-bond donors (Lipinski definition) is 1. The van der Waals surface area contributed by atoms with Crippen LogP contribution in [0.15, 0.2) is 42.5 Å². The standard InChI is InChI=1S/C14H12Cl2O2/c1-18-11-5-2-9(3-6-11)14(17)12-7-4-10(15)8-13(12)16/h2-8,14,17H,1H3. The lowest BCUT2D eigenvalue weighted by molar-refractivity contribution is 0.220. The van der Waals surface area contributed by atoms with Crippen LogP contribution in [0, 0.1) is 0 Å². The monoisotopic (exact) mass is 282 g/mol. The summed E-state index contributed by atoms with van der Waals surface area (Å²) in [5.74, 6) is 0.744. The van der Waals surface area contributed by atoms with Crippen LogP contribution in [0.4, 0.5) is 0 Å². The summed E-state index contributed by atoms with van der Waals surface area (Å²) < 4.78 is 5.07. The summed E-state index contributed by atoms with van der Waals surface area (Å²) >= 11 is 11.9. The highest BCUT2D eigenvalue weighted by molar-refractivity contribution is 6.35. The molecule has 0 saturated carbocycles. The Morgan fingerprint density at radius 2 is 1.72 bits per heavy atom. The second-order valence-corrected chi connectivity index (χ2v) is 4.69. The lowest BCUT2D eigenvalue weighted by Gasteiger charge is -2.13. The minimum Gasteiger partial charge on any atom is -0.497 e. The number of aliphatic hydroxyl groups excluding tert-OH is 1. The van der Waals surface area contributed by atoms with Crippen molar-refractivity contribution >= 4 is 23.2 Å². The third-order valence-electron chi connectivity index (χ3n) is 2.69. The average molecular weight is 283 g/mol. The Balaban J connectivity index is 2.31. The van der Waals surface area contributed by atoms with Gasteiger partial charge in [-0.2, -0.15) is 0 Å². The van der Waals surface area contributed by atoms with Gasteiger partial charge in [0.1, 0.15) is 11.9 Å². The zero-order valence-corrected chi connectivity index (χ0v) is 11.2. The van der Waals surface area contributed by atoms with Crippen LogP contribution in [-0.4, -0.2) is 12.2 Å². The van der Waals surface area contributed by atoms with Gasteiger partial charge in [-0.05, 0) is 29.8 Å². The van der Waals surface area contributed by atoms with Crippen molar-refractivity contribution < 1.29 is 9.84 Å². The summed E-state index contributed by atoms with van der Waals surface area (Å²) in [5.41, 5.74) is 1.38. The van der Waals surface area contributed by atoms with E-state index in [2.05, 4.69) is 0 Å². The van der Waals surface area contributed by atoms with Crippen LogP contribution in [0.3, 0.4) is 0 Å². The molecule has 2 rings (SSSR count). The molecule has 0 saturated heterocycles. The van der Waals surface area contributed by atoms with E-state index in [1.165, 1.54) is 0 Å². The van der Waals surface area contributed by atoms with E-state index in [1.807, 2.05) is 0 Å². The maximum absolute atomic E-state index is 10.3. The molecule has 0 spiro atoms. The van der Waals surface area contributed by atoms with Gasteiger partial charge in [0.2, 0.25) is 0 Å². The summed E-state index contributed by atoms with van der Waals surface area (Å²) in [7, 11) is 1.60. The van der Waals surface area contributed by atoms with Crippen molar-refractivity contribution in [1.82, 2.24) is 0 Å². The van der Waals surface area contributed by atoms with Gasteiger partial charge in [-0.15, -0.1) is 0 Å². The van der Waals surface area contributed by atoms with E-state index in [1.54, 1.807) is 49.6 Å². The SMILES string of the molecule is COc1ccc(C(O)c2ccc(Cl)cc2Cl)cc1. The highest BCUT2D eigenvalue weighted by Gasteiger charge is 2.14. The normalized spacial score (nSPS) is 12.2. The summed E-state index contributed by atoms with van der Waals surface area (Å²) in [6.07, 6.45) is -0.777. The van der Waals surface area contributed by atoms with E-state index in [-0.39, 0.29) is 0 Å². The van der Waals surface area contributed by atoms with Crippen LogP contribution in [0.5, 0.6) is 5.75 Å². The highest BCUT2D eigenvalue weighted by Crippen LogP contribution is 2.30. The van der Waals surface area contributed by atoms with Crippen molar-refractivity contribution in [2.24, 2.45) is 0 Å². The van der Waals surface area contributed by atoms with Gasteiger partial charge in [0, 0.05) is 15.6 Å². The number of rotatable bonds is 3. The number of methoxy groups -OCH3 is 1. The molecule has 0 fully saturated rings. The van der Waals surface area contributed by atoms with Gasteiger partial charge in [-0.25, -0.2) is 0 Å². The zero-order valence-electron chi connectivity index (χ0n) is 9.73. The van der Waals surface area contributed by atoms with E-state index in [0.29, 0.717) is 15.6 Å². The molecule has 2 aromatic rings. The molecule has 0 bridgehead atoms. The summed E-state index contributed by atoms with van der Waals surface area (Å²) in [4.78, 5) is 0. The Morgan fingerprint density at radius 1 is 1.06 bits per heavy atom. The van der Waals surface area contributed by atoms with E-state index >= 15 is 0 Å². The van der Waals surface area contributed by atoms with E-state index < -0.39 is 6.10 Å². The molecule has 0 aromatic heterocycles. The average Bonchev–Trinajstić information content (AvgIpc) is 2.38. The van der Waals surface area contributed by atoms with Gasteiger partial charge in [-0.3, -0.25) is 0 Å². The molecule has 4 heteroatoms. The summed E-state index contributed by atoms with van der Waals surface area (Å²) in [6, 6.07) is 12.2. The Morgan fingerprint density at radius 3 is 2.28 bits per heavy atom. The van der Waals surface area contributed by atoms with Crippen LogP contribution in [0.2, 0.25) is 10.0 Å². The van der Waals surface area contributed by atoms with Gasteiger partial charge in [-0.1, -0.05) is 41.4 Å². The molecule has 1 atom stereocenters. The predicted molar refractivity (Wildman–Crippen MR) is 73.5 cm³/mol. The van der Waals surface area contributed by atoms with Crippen molar-refractivity contribution in [2.45, 2.75) is 6.10 Å². The molecule has 2 nitrogen and oxygen atoms in total. The van der Waals surface area contributed by atoms with Gasteiger partial charge in [0.05, 0.1) is 7.11 Å².